The molecule has 0 aliphatic carbocycles. The summed E-state index contributed by atoms with van der Waals surface area (Å²) in [4.78, 5) is 2.17. The Hall–Kier alpha value is -1.31. The highest BCUT2D eigenvalue weighted by Crippen LogP contribution is 2.19. The van der Waals surface area contributed by atoms with Crippen molar-refractivity contribution in [2.45, 2.75) is 6.42 Å². The highest BCUT2D eigenvalue weighted by Gasteiger charge is 2.10. The van der Waals surface area contributed by atoms with Gasteiger partial charge in [0, 0.05) is 25.2 Å². The van der Waals surface area contributed by atoms with Crippen LogP contribution in [-0.2, 0) is 0 Å². The van der Waals surface area contributed by atoms with Gasteiger partial charge < -0.3 is 4.90 Å². The van der Waals surface area contributed by atoms with E-state index < -0.39 is 0 Å². The fourth-order valence-corrected chi connectivity index (χ4v) is 1.52. The monoisotopic (exact) mass is 177 g/mol. The molecule has 0 spiro atoms. The van der Waals surface area contributed by atoms with Crippen molar-refractivity contribution < 1.29 is 4.39 Å². The fraction of sp³-hybridized carbons (Fsp3) is 0.273. The predicted octanol–water partition coefficient (Wildman–Crippen LogP) is 2.75. The molecule has 1 aromatic rings. The molecule has 1 nitrogen and oxygen atoms in total. The third-order valence-electron chi connectivity index (χ3n) is 2.28. The number of nitrogens with zero attached hydrogens (tertiary/aromatic N) is 1. The Labute approximate surface area is 77.5 Å². The first-order valence-electron chi connectivity index (χ1n) is 4.51. The molecule has 0 fully saturated rings. The highest BCUT2D eigenvalue weighted by atomic mass is 19.1. The molecule has 1 aliphatic rings. The molecule has 1 aromatic carbocycles. The zero-order valence-electron chi connectivity index (χ0n) is 7.41. The van der Waals surface area contributed by atoms with Crippen molar-refractivity contribution in [1.29, 1.82) is 0 Å². The van der Waals surface area contributed by atoms with Gasteiger partial charge in [0.05, 0.1) is 5.83 Å². The molecule has 13 heavy (non-hydrogen) atoms. The molecule has 0 radical (unpaired) electrons. The van der Waals surface area contributed by atoms with Gasteiger partial charge in [0.1, 0.15) is 0 Å². The number of benzene rings is 1. The minimum atomic E-state index is 0.0205. The van der Waals surface area contributed by atoms with E-state index in [1.807, 2.05) is 18.2 Å². The molecular weight excluding hydrogens is 165 g/mol. The van der Waals surface area contributed by atoms with Crippen molar-refractivity contribution in [1.82, 2.24) is 0 Å². The van der Waals surface area contributed by atoms with E-state index in [2.05, 4.69) is 17.0 Å². The van der Waals surface area contributed by atoms with Gasteiger partial charge in [-0.1, -0.05) is 18.2 Å². The average Bonchev–Trinajstić information content (AvgIpc) is 2.20. The molecule has 0 aromatic heterocycles. The van der Waals surface area contributed by atoms with Crippen LogP contribution in [0.4, 0.5) is 10.1 Å². The van der Waals surface area contributed by atoms with Gasteiger partial charge >= 0.3 is 0 Å². The third-order valence-corrected chi connectivity index (χ3v) is 2.28. The largest absolute Gasteiger partial charge is 0.367 e. The van der Waals surface area contributed by atoms with E-state index in [1.54, 1.807) is 6.08 Å². The summed E-state index contributed by atoms with van der Waals surface area (Å²) in [7, 11) is 0. The Bertz CT molecular complexity index is 305. The van der Waals surface area contributed by atoms with E-state index in [-0.39, 0.29) is 5.83 Å². The number of hydrogen-bond acceptors (Lipinski definition) is 1. The van der Waals surface area contributed by atoms with Crippen molar-refractivity contribution in [3.05, 3.63) is 42.2 Å². The predicted molar refractivity (Wildman–Crippen MR) is 52.5 cm³/mol. The summed E-state index contributed by atoms with van der Waals surface area (Å²) in [5, 5.41) is 0. The molecule has 2 heteroatoms. The van der Waals surface area contributed by atoms with Crippen LogP contribution in [0.5, 0.6) is 0 Å². The summed E-state index contributed by atoms with van der Waals surface area (Å²) in [5.74, 6) is 0.0205. The summed E-state index contributed by atoms with van der Waals surface area (Å²) >= 11 is 0. The lowest BCUT2D eigenvalue weighted by atomic mass is 10.2. The van der Waals surface area contributed by atoms with E-state index in [9.17, 15) is 4.39 Å². The number of hydrogen-bond donors (Lipinski definition) is 0. The van der Waals surface area contributed by atoms with Crippen LogP contribution in [0.2, 0.25) is 0 Å². The fourth-order valence-electron chi connectivity index (χ4n) is 1.52. The van der Waals surface area contributed by atoms with Crippen LogP contribution in [0, 0.1) is 0 Å². The van der Waals surface area contributed by atoms with E-state index in [0.29, 0.717) is 13.0 Å². The standard InChI is InChI=1S/C11H12FN/c12-10-6-8-13(9-7-10)11-4-2-1-3-5-11/h1-6H,7-9H2. The molecule has 1 aliphatic heterocycles. The van der Waals surface area contributed by atoms with Gasteiger partial charge in [0.15, 0.2) is 0 Å². The second-order valence-corrected chi connectivity index (χ2v) is 3.18. The Morgan fingerprint density at radius 3 is 2.54 bits per heavy atom. The molecule has 68 valence electrons. The molecule has 0 N–H and O–H groups in total. The van der Waals surface area contributed by atoms with Crippen LogP contribution in [0.1, 0.15) is 6.42 Å². The lowest BCUT2D eigenvalue weighted by Gasteiger charge is -2.26. The molecule has 0 unspecified atom stereocenters. The van der Waals surface area contributed by atoms with Crippen molar-refractivity contribution in [3.63, 3.8) is 0 Å². The Kier molecular flexibility index (Phi) is 2.30. The van der Waals surface area contributed by atoms with Crippen molar-refractivity contribution in [2.75, 3.05) is 18.0 Å². The summed E-state index contributed by atoms with van der Waals surface area (Å²) in [5.41, 5.74) is 1.17. The lowest BCUT2D eigenvalue weighted by molar-refractivity contribution is 0.563. The molecular formula is C11H12FN. The van der Waals surface area contributed by atoms with Gasteiger partial charge in [-0.15, -0.1) is 0 Å². The van der Waals surface area contributed by atoms with Crippen LogP contribution >= 0.6 is 0 Å². The number of halogens is 1. The summed E-state index contributed by atoms with van der Waals surface area (Å²) in [6.45, 7) is 1.47. The Balaban J connectivity index is 2.12. The van der Waals surface area contributed by atoms with Gasteiger partial charge in [-0.2, -0.15) is 0 Å². The van der Waals surface area contributed by atoms with E-state index in [4.69, 9.17) is 0 Å². The lowest BCUT2D eigenvalue weighted by Crippen LogP contribution is -2.27. The maximum Gasteiger partial charge on any atom is 0.0995 e. The van der Waals surface area contributed by atoms with Gasteiger partial charge in [-0.25, -0.2) is 4.39 Å². The molecule has 0 saturated carbocycles. The second-order valence-electron chi connectivity index (χ2n) is 3.18. The first-order chi connectivity index (χ1) is 6.36. The normalized spacial score (nSPS) is 17.0. The molecule has 0 atom stereocenters. The van der Waals surface area contributed by atoms with Crippen LogP contribution in [-0.4, -0.2) is 13.1 Å². The second kappa shape index (κ2) is 3.60. The van der Waals surface area contributed by atoms with Crippen molar-refractivity contribution in [3.8, 4) is 0 Å². The summed E-state index contributed by atoms with van der Waals surface area (Å²) in [6.07, 6.45) is 2.19. The van der Waals surface area contributed by atoms with Crippen LogP contribution < -0.4 is 4.90 Å². The highest BCUT2D eigenvalue weighted by molar-refractivity contribution is 5.47. The maximum absolute atomic E-state index is 12.7. The van der Waals surface area contributed by atoms with Gasteiger partial charge in [-0.05, 0) is 18.2 Å². The van der Waals surface area contributed by atoms with Crippen LogP contribution in [0.15, 0.2) is 42.2 Å². The van der Waals surface area contributed by atoms with Crippen LogP contribution in [0.3, 0.4) is 0 Å². The van der Waals surface area contributed by atoms with Crippen molar-refractivity contribution in [2.24, 2.45) is 0 Å². The minimum absolute atomic E-state index is 0.0205. The van der Waals surface area contributed by atoms with Gasteiger partial charge in [-0.3, -0.25) is 0 Å². The van der Waals surface area contributed by atoms with E-state index in [0.717, 1.165) is 6.54 Å². The quantitative estimate of drug-likeness (QED) is 0.637. The molecule has 2 rings (SSSR count). The topological polar surface area (TPSA) is 3.24 Å². The number of anilines is 1. The molecule has 0 bridgehead atoms. The Morgan fingerprint density at radius 2 is 1.92 bits per heavy atom. The van der Waals surface area contributed by atoms with E-state index >= 15 is 0 Å². The van der Waals surface area contributed by atoms with E-state index in [1.165, 1.54) is 5.69 Å². The first kappa shape index (κ1) is 8.30. The summed E-state index contributed by atoms with van der Waals surface area (Å²) < 4.78 is 12.7. The Morgan fingerprint density at radius 1 is 1.15 bits per heavy atom. The zero-order valence-corrected chi connectivity index (χ0v) is 7.41. The minimum Gasteiger partial charge on any atom is -0.367 e. The zero-order chi connectivity index (χ0) is 9.10. The summed E-state index contributed by atoms with van der Waals surface area (Å²) in [6, 6.07) is 10.1. The van der Waals surface area contributed by atoms with Crippen LogP contribution in [0.25, 0.3) is 0 Å². The molecule has 1 heterocycles. The first-order valence-corrected chi connectivity index (χ1v) is 4.51. The number of rotatable bonds is 1. The SMILES string of the molecule is FC1=CCN(c2ccccc2)CC1. The average molecular weight is 177 g/mol. The van der Waals surface area contributed by atoms with Crippen molar-refractivity contribution >= 4 is 5.69 Å². The smallest absolute Gasteiger partial charge is 0.0995 e. The molecule has 0 amide bonds. The van der Waals surface area contributed by atoms with Gasteiger partial charge in [0.2, 0.25) is 0 Å². The number of para-hydroxylation sites is 1. The van der Waals surface area contributed by atoms with Gasteiger partial charge in [0.25, 0.3) is 0 Å². The third kappa shape index (κ3) is 1.89. The maximum atomic E-state index is 12.7. The molecule has 0 saturated heterocycles.